The largest absolute Gasteiger partial charge is 0.498 e. The number of carboxylic acid groups (broad SMARTS) is 1. The minimum atomic E-state index is -0.862. The van der Waals surface area contributed by atoms with E-state index in [1.807, 2.05) is 13.8 Å². The van der Waals surface area contributed by atoms with E-state index in [1.54, 1.807) is 13.8 Å². The Morgan fingerprint density at radius 3 is 2.11 bits per heavy atom. The second-order valence-corrected chi connectivity index (χ2v) is 4.85. The van der Waals surface area contributed by atoms with Crippen LogP contribution >= 0.6 is 0 Å². The topological polar surface area (TPSA) is 72.8 Å². The quantitative estimate of drug-likeness (QED) is 0.446. The highest BCUT2D eigenvalue weighted by Crippen LogP contribution is 2.61. The van der Waals surface area contributed by atoms with Gasteiger partial charge < -0.3 is 14.6 Å². The fourth-order valence-corrected chi connectivity index (χ4v) is 2.32. The van der Waals surface area contributed by atoms with E-state index in [1.165, 1.54) is 6.08 Å². The molecular weight excluding hydrogens is 236 g/mol. The Hall–Kier alpha value is -1.52. The normalized spacial score (nSPS) is 25.4. The van der Waals surface area contributed by atoms with Gasteiger partial charge in [-0.2, -0.15) is 0 Å². The second-order valence-electron chi connectivity index (χ2n) is 4.85. The molecule has 0 heterocycles. The molecule has 5 nitrogen and oxygen atoms in total. The Kier molecular flexibility index (Phi) is 4.38. The number of ether oxygens (including phenoxy) is 2. The number of rotatable bonds is 6. The molecule has 0 bridgehead atoms. The van der Waals surface area contributed by atoms with Crippen LogP contribution in [0, 0.1) is 17.3 Å². The van der Waals surface area contributed by atoms with Crippen molar-refractivity contribution in [1.82, 2.24) is 0 Å². The molecule has 1 fully saturated rings. The molecule has 0 aliphatic heterocycles. The molecule has 0 aromatic heterocycles. The summed E-state index contributed by atoms with van der Waals surface area (Å²) in [5.41, 5.74) is -0.390. The van der Waals surface area contributed by atoms with Gasteiger partial charge in [-0.05, 0) is 19.3 Å². The van der Waals surface area contributed by atoms with E-state index < -0.39 is 17.9 Å². The number of hydrogen-bond donors (Lipinski definition) is 1. The Bertz CT molecular complexity index is 370. The summed E-state index contributed by atoms with van der Waals surface area (Å²) in [7, 11) is 0. The first-order chi connectivity index (χ1) is 8.36. The Morgan fingerprint density at radius 2 is 1.72 bits per heavy atom. The zero-order chi connectivity index (χ0) is 13.9. The maximum atomic E-state index is 11.4. The molecule has 0 radical (unpaired) electrons. The highest BCUT2D eigenvalue weighted by molar-refractivity contribution is 5.83. The van der Waals surface area contributed by atoms with Crippen molar-refractivity contribution in [3.63, 3.8) is 0 Å². The van der Waals surface area contributed by atoms with Crippen molar-refractivity contribution in [3.05, 3.63) is 11.8 Å². The Morgan fingerprint density at radius 1 is 1.17 bits per heavy atom. The third-order valence-electron chi connectivity index (χ3n) is 3.26. The number of hydrogen-bond acceptors (Lipinski definition) is 4. The third kappa shape index (κ3) is 2.83. The van der Waals surface area contributed by atoms with Crippen LogP contribution in [0.5, 0.6) is 0 Å². The van der Waals surface area contributed by atoms with Crippen LogP contribution < -0.4 is 0 Å². The highest BCUT2D eigenvalue weighted by atomic mass is 16.5. The van der Waals surface area contributed by atoms with Gasteiger partial charge in [0.1, 0.15) is 5.76 Å². The molecule has 0 saturated heterocycles. The van der Waals surface area contributed by atoms with E-state index in [0.717, 1.165) is 0 Å². The molecule has 0 aromatic carbocycles. The van der Waals surface area contributed by atoms with E-state index in [2.05, 4.69) is 0 Å². The lowest BCUT2D eigenvalue weighted by molar-refractivity contribution is -0.140. The molecule has 2 unspecified atom stereocenters. The van der Waals surface area contributed by atoms with E-state index in [4.69, 9.17) is 14.6 Å². The predicted octanol–water partition coefficient (Wildman–Crippen LogP) is 1.83. The van der Waals surface area contributed by atoms with Crippen molar-refractivity contribution in [1.29, 1.82) is 0 Å². The van der Waals surface area contributed by atoms with Crippen molar-refractivity contribution in [2.24, 2.45) is 17.3 Å². The predicted molar refractivity (Wildman–Crippen MR) is 64.7 cm³/mol. The summed E-state index contributed by atoms with van der Waals surface area (Å²) < 4.78 is 10.2. The van der Waals surface area contributed by atoms with Gasteiger partial charge in [-0.25, -0.2) is 4.79 Å². The van der Waals surface area contributed by atoms with Crippen LogP contribution in [0.4, 0.5) is 0 Å². The summed E-state index contributed by atoms with van der Waals surface area (Å²) in [6.45, 7) is 7.90. The van der Waals surface area contributed by atoms with E-state index >= 15 is 0 Å². The maximum absolute atomic E-state index is 11.4. The number of carbonyl (C=O) groups excluding carboxylic acids is 1. The van der Waals surface area contributed by atoms with Crippen molar-refractivity contribution in [3.8, 4) is 0 Å². The van der Waals surface area contributed by atoms with E-state index in [9.17, 15) is 9.59 Å². The zero-order valence-electron chi connectivity index (χ0n) is 11.2. The SMILES string of the molecule is CCOC(=O)/C=C(\OCC)C1C(C(=O)O)C1(C)C. The summed E-state index contributed by atoms with van der Waals surface area (Å²) in [4.78, 5) is 22.5. The molecule has 1 rings (SSSR count). The first kappa shape index (κ1) is 14.5. The highest BCUT2D eigenvalue weighted by Gasteiger charge is 2.64. The molecule has 0 spiro atoms. The monoisotopic (exact) mass is 256 g/mol. The Labute approximate surface area is 107 Å². The Balaban J connectivity index is 2.87. The molecule has 1 saturated carbocycles. The molecule has 102 valence electrons. The summed E-state index contributed by atoms with van der Waals surface area (Å²) in [6, 6.07) is 0. The lowest BCUT2D eigenvalue weighted by atomic mass is 10.1. The molecule has 0 amide bonds. The summed E-state index contributed by atoms with van der Waals surface area (Å²) in [5.74, 6) is -1.72. The van der Waals surface area contributed by atoms with Gasteiger partial charge in [0.15, 0.2) is 0 Å². The average Bonchev–Trinajstić information content (AvgIpc) is 2.81. The first-order valence-electron chi connectivity index (χ1n) is 6.10. The van der Waals surface area contributed by atoms with Gasteiger partial charge in [-0.1, -0.05) is 13.8 Å². The molecule has 1 aliphatic carbocycles. The van der Waals surface area contributed by atoms with Crippen molar-refractivity contribution in [2.45, 2.75) is 27.7 Å². The summed E-state index contributed by atoms with van der Waals surface area (Å²) in [5, 5.41) is 9.11. The minimum absolute atomic E-state index is 0.264. The van der Waals surface area contributed by atoms with Gasteiger partial charge in [0.2, 0.25) is 0 Å². The molecule has 0 aromatic rings. The standard InChI is InChI=1S/C13H20O5/c1-5-17-8(7-9(14)18-6-2)10-11(12(15)16)13(10,3)4/h7,10-11H,5-6H2,1-4H3,(H,15,16)/b8-7-. The molecular formula is C13H20O5. The van der Waals surface area contributed by atoms with Crippen LogP contribution in [0.2, 0.25) is 0 Å². The van der Waals surface area contributed by atoms with Gasteiger partial charge in [-0.3, -0.25) is 4.79 Å². The maximum Gasteiger partial charge on any atom is 0.334 e. The third-order valence-corrected chi connectivity index (χ3v) is 3.26. The van der Waals surface area contributed by atoms with E-state index in [0.29, 0.717) is 12.4 Å². The van der Waals surface area contributed by atoms with Gasteiger partial charge in [0, 0.05) is 5.92 Å². The van der Waals surface area contributed by atoms with Gasteiger partial charge in [0.25, 0.3) is 0 Å². The molecule has 1 aliphatic rings. The van der Waals surface area contributed by atoms with Gasteiger partial charge in [-0.15, -0.1) is 0 Å². The lowest BCUT2D eigenvalue weighted by Crippen LogP contribution is -2.07. The van der Waals surface area contributed by atoms with Crippen LogP contribution in [-0.4, -0.2) is 30.3 Å². The van der Waals surface area contributed by atoms with Crippen LogP contribution in [0.25, 0.3) is 0 Å². The fourth-order valence-electron chi connectivity index (χ4n) is 2.32. The lowest BCUT2D eigenvalue weighted by Gasteiger charge is -2.09. The summed E-state index contributed by atoms with van der Waals surface area (Å²) >= 11 is 0. The number of allylic oxidation sites excluding steroid dienone is 1. The average molecular weight is 256 g/mol. The molecule has 2 atom stereocenters. The summed E-state index contributed by atoms with van der Waals surface area (Å²) in [6.07, 6.45) is 1.27. The minimum Gasteiger partial charge on any atom is -0.498 e. The van der Waals surface area contributed by atoms with Crippen LogP contribution in [0.15, 0.2) is 11.8 Å². The van der Waals surface area contributed by atoms with Crippen molar-refractivity contribution >= 4 is 11.9 Å². The smallest absolute Gasteiger partial charge is 0.334 e. The number of carboxylic acids is 1. The molecule has 1 N–H and O–H groups in total. The van der Waals surface area contributed by atoms with Crippen LogP contribution in [-0.2, 0) is 19.1 Å². The molecule has 18 heavy (non-hydrogen) atoms. The number of aliphatic carboxylic acids is 1. The van der Waals surface area contributed by atoms with Crippen molar-refractivity contribution < 1.29 is 24.2 Å². The van der Waals surface area contributed by atoms with Crippen molar-refractivity contribution in [2.75, 3.05) is 13.2 Å². The van der Waals surface area contributed by atoms with Gasteiger partial charge >= 0.3 is 11.9 Å². The zero-order valence-corrected chi connectivity index (χ0v) is 11.2. The van der Waals surface area contributed by atoms with Crippen LogP contribution in [0.1, 0.15) is 27.7 Å². The first-order valence-corrected chi connectivity index (χ1v) is 6.10. The second kappa shape index (κ2) is 5.42. The van der Waals surface area contributed by atoms with Crippen LogP contribution in [0.3, 0.4) is 0 Å². The van der Waals surface area contributed by atoms with Gasteiger partial charge in [0.05, 0.1) is 25.2 Å². The van der Waals surface area contributed by atoms with E-state index in [-0.39, 0.29) is 17.9 Å². The number of carbonyl (C=O) groups is 2. The fraction of sp³-hybridized carbons (Fsp3) is 0.692. The molecule has 5 heteroatoms. The number of esters is 1.